The molecule has 0 saturated carbocycles. The molecular weight excluding hydrogens is 166 g/mol. The van der Waals surface area contributed by atoms with Crippen molar-refractivity contribution in [2.24, 2.45) is 5.92 Å². The number of piperidine rings is 1. The minimum atomic E-state index is -0.0725. The van der Waals surface area contributed by atoms with Crippen molar-refractivity contribution in [1.29, 1.82) is 0 Å². The fraction of sp³-hybridized carbons (Fsp3) is 0.700. The van der Waals surface area contributed by atoms with E-state index in [1.54, 1.807) is 0 Å². The van der Waals surface area contributed by atoms with Gasteiger partial charge in [0.05, 0.1) is 12.5 Å². The van der Waals surface area contributed by atoms with Gasteiger partial charge in [-0.25, -0.2) is 0 Å². The smallest absolute Gasteiger partial charge is 0.309 e. The summed E-state index contributed by atoms with van der Waals surface area (Å²) in [6.45, 7) is 7.12. The highest BCUT2D eigenvalue weighted by molar-refractivity contribution is 5.72. The normalized spacial score (nSPS) is 23.1. The second kappa shape index (κ2) is 4.30. The molecule has 0 aliphatic carbocycles. The van der Waals surface area contributed by atoms with E-state index < -0.39 is 0 Å². The Morgan fingerprint density at radius 1 is 1.77 bits per heavy atom. The van der Waals surface area contributed by atoms with Gasteiger partial charge in [0.15, 0.2) is 0 Å². The van der Waals surface area contributed by atoms with E-state index in [0.717, 1.165) is 25.1 Å². The SMILES string of the molecule is C=C1CC(C(=O)OCC)CCN1C. The third kappa shape index (κ3) is 2.47. The Morgan fingerprint density at radius 2 is 2.46 bits per heavy atom. The van der Waals surface area contributed by atoms with E-state index in [2.05, 4.69) is 11.5 Å². The zero-order chi connectivity index (χ0) is 9.84. The summed E-state index contributed by atoms with van der Waals surface area (Å²) in [5.74, 6) is -0.0413. The lowest BCUT2D eigenvalue weighted by molar-refractivity contribution is -0.148. The lowest BCUT2D eigenvalue weighted by Gasteiger charge is -2.31. The number of carbonyl (C=O) groups excluding carboxylic acids is 1. The van der Waals surface area contributed by atoms with Crippen LogP contribution in [-0.2, 0) is 9.53 Å². The van der Waals surface area contributed by atoms with Crippen molar-refractivity contribution in [3.05, 3.63) is 12.3 Å². The second-order valence-electron chi connectivity index (χ2n) is 3.43. The maximum atomic E-state index is 11.4. The topological polar surface area (TPSA) is 29.5 Å². The van der Waals surface area contributed by atoms with Gasteiger partial charge in [-0.15, -0.1) is 0 Å². The van der Waals surface area contributed by atoms with E-state index in [-0.39, 0.29) is 11.9 Å². The Labute approximate surface area is 79.4 Å². The molecule has 0 spiro atoms. The summed E-state index contributed by atoms with van der Waals surface area (Å²) in [4.78, 5) is 13.5. The van der Waals surface area contributed by atoms with Crippen LogP contribution >= 0.6 is 0 Å². The summed E-state index contributed by atoms with van der Waals surface area (Å²) in [5.41, 5.74) is 1.03. The molecule has 3 heteroatoms. The zero-order valence-corrected chi connectivity index (χ0v) is 8.38. The molecule has 13 heavy (non-hydrogen) atoms. The van der Waals surface area contributed by atoms with Gasteiger partial charge in [0, 0.05) is 25.7 Å². The van der Waals surface area contributed by atoms with Crippen LogP contribution in [0, 0.1) is 5.92 Å². The first kappa shape index (κ1) is 10.1. The fourth-order valence-corrected chi connectivity index (χ4v) is 1.51. The van der Waals surface area contributed by atoms with Gasteiger partial charge in [0.1, 0.15) is 0 Å². The lowest BCUT2D eigenvalue weighted by atomic mass is 9.95. The summed E-state index contributed by atoms with van der Waals surface area (Å²) in [6, 6.07) is 0. The van der Waals surface area contributed by atoms with Gasteiger partial charge in [-0.1, -0.05) is 6.58 Å². The van der Waals surface area contributed by atoms with Gasteiger partial charge in [-0.05, 0) is 13.3 Å². The van der Waals surface area contributed by atoms with Crippen LogP contribution in [0.25, 0.3) is 0 Å². The molecule has 3 nitrogen and oxygen atoms in total. The Bertz CT molecular complexity index is 213. The standard InChI is InChI=1S/C10H17NO2/c1-4-13-10(12)9-5-6-11(3)8(2)7-9/h9H,2,4-7H2,1,3H3. The minimum Gasteiger partial charge on any atom is -0.466 e. The predicted octanol–water partition coefficient (Wildman–Crippen LogP) is 1.41. The quantitative estimate of drug-likeness (QED) is 0.606. The molecule has 1 saturated heterocycles. The number of likely N-dealkylation sites (tertiary alicyclic amines) is 1. The van der Waals surface area contributed by atoms with Gasteiger partial charge < -0.3 is 9.64 Å². The van der Waals surface area contributed by atoms with Crippen molar-refractivity contribution in [3.8, 4) is 0 Å². The van der Waals surface area contributed by atoms with Crippen molar-refractivity contribution in [2.75, 3.05) is 20.2 Å². The van der Waals surface area contributed by atoms with E-state index in [9.17, 15) is 4.79 Å². The first-order chi connectivity index (χ1) is 6.15. The summed E-state index contributed by atoms with van der Waals surface area (Å²) in [7, 11) is 2.00. The Kier molecular flexibility index (Phi) is 3.34. The van der Waals surface area contributed by atoms with Crippen molar-refractivity contribution in [2.45, 2.75) is 19.8 Å². The number of allylic oxidation sites excluding steroid dienone is 1. The molecule has 1 atom stereocenters. The molecule has 0 aromatic carbocycles. The summed E-state index contributed by atoms with van der Waals surface area (Å²) >= 11 is 0. The number of esters is 1. The molecular formula is C10H17NO2. The lowest BCUT2D eigenvalue weighted by Crippen LogP contribution is -2.32. The molecule has 1 unspecified atom stereocenters. The molecule has 0 aromatic heterocycles. The molecule has 1 rings (SSSR count). The van der Waals surface area contributed by atoms with Crippen LogP contribution in [0.15, 0.2) is 12.3 Å². The van der Waals surface area contributed by atoms with E-state index in [4.69, 9.17) is 4.74 Å². The van der Waals surface area contributed by atoms with E-state index in [1.807, 2.05) is 14.0 Å². The van der Waals surface area contributed by atoms with Gasteiger partial charge in [0.2, 0.25) is 0 Å². The third-order valence-electron chi connectivity index (χ3n) is 2.45. The number of hydrogen-bond donors (Lipinski definition) is 0. The number of hydrogen-bond acceptors (Lipinski definition) is 3. The second-order valence-corrected chi connectivity index (χ2v) is 3.43. The summed E-state index contributed by atoms with van der Waals surface area (Å²) in [5, 5.41) is 0. The van der Waals surface area contributed by atoms with Gasteiger partial charge in [-0.2, -0.15) is 0 Å². The molecule has 1 heterocycles. The molecule has 1 aliphatic rings. The van der Waals surface area contributed by atoms with E-state index in [0.29, 0.717) is 6.61 Å². The molecule has 0 bridgehead atoms. The molecule has 74 valence electrons. The largest absolute Gasteiger partial charge is 0.466 e. The minimum absolute atomic E-state index is 0.0312. The molecule has 0 N–H and O–H groups in total. The predicted molar refractivity (Wildman–Crippen MR) is 51.1 cm³/mol. The first-order valence-electron chi connectivity index (χ1n) is 4.70. The molecule has 0 radical (unpaired) electrons. The summed E-state index contributed by atoms with van der Waals surface area (Å²) in [6.07, 6.45) is 1.63. The van der Waals surface area contributed by atoms with E-state index in [1.165, 1.54) is 0 Å². The number of rotatable bonds is 2. The Morgan fingerprint density at radius 3 is 3.00 bits per heavy atom. The van der Waals surface area contributed by atoms with Gasteiger partial charge >= 0.3 is 5.97 Å². The number of nitrogens with zero attached hydrogens (tertiary/aromatic N) is 1. The van der Waals surface area contributed by atoms with Crippen LogP contribution < -0.4 is 0 Å². The number of carbonyl (C=O) groups is 1. The first-order valence-corrected chi connectivity index (χ1v) is 4.70. The van der Waals surface area contributed by atoms with Crippen LogP contribution in [0.4, 0.5) is 0 Å². The maximum absolute atomic E-state index is 11.4. The zero-order valence-electron chi connectivity index (χ0n) is 8.38. The van der Waals surface area contributed by atoms with Crippen LogP contribution in [-0.4, -0.2) is 31.1 Å². The van der Waals surface area contributed by atoms with Crippen LogP contribution in [0.2, 0.25) is 0 Å². The fourth-order valence-electron chi connectivity index (χ4n) is 1.51. The Balaban J connectivity index is 2.45. The van der Waals surface area contributed by atoms with Crippen LogP contribution in [0.5, 0.6) is 0 Å². The third-order valence-corrected chi connectivity index (χ3v) is 2.45. The number of ether oxygens (including phenoxy) is 1. The van der Waals surface area contributed by atoms with Gasteiger partial charge in [-0.3, -0.25) is 4.79 Å². The van der Waals surface area contributed by atoms with Crippen LogP contribution in [0.1, 0.15) is 19.8 Å². The van der Waals surface area contributed by atoms with Crippen molar-refractivity contribution in [1.82, 2.24) is 4.90 Å². The maximum Gasteiger partial charge on any atom is 0.309 e. The van der Waals surface area contributed by atoms with Crippen molar-refractivity contribution in [3.63, 3.8) is 0 Å². The highest BCUT2D eigenvalue weighted by Crippen LogP contribution is 2.24. The highest BCUT2D eigenvalue weighted by Gasteiger charge is 2.26. The monoisotopic (exact) mass is 183 g/mol. The Hall–Kier alpha value is -0.990. The van der Waals surface area contributed by atoms with Crippen molar-refractivity contribution >= 4 is 5.97 Å². The van der Waals surface area contributed by atoms with Crippen LogP contribution in [0.3, 0.4) is 0 Å². The molecule has 0 aromatic rings. The molecule has 1 fully saturated rings. The van der Waals surface area contributed by atoms with Crippen molar-refractivity contribution < 1.29 is 9.53 Å². The van der Waals surface area contributed by atoms with E-state index >= 15 is 0 Å². The average Bonchev–Trinajstić information content (AvgIpc) is 2.10. The highest BCUT2D eigenvalue weighted by atomic mass is 16.5. The summed E-state index contributed by atoms with van der Waals surface area (Å²) < 4.78 is 4.97. The molecule has 1 aliphatic heterocycles. The molecule has 0 amide bonds. The average molecular weight is 183 g/mol. The van der Waals surface area contributed by atoms with Gasteiger partial charge in [0.25, 0.3) is 0 Å².